The number of rotatable bonds is 5. The molecule has 5 nitrogen and oxygen atoms in total. The summed E-state index contributed by atoms with van der Waals surface area (Å²) in [6, 6.07) is 8.45. The van der Waals surface area contributed by atoms with Gasteiger partial charge in [-0.2, -0.15) is 9.47 Å². The van der Waals surface area contributed by atoms with E-state index in [-0.39, 0.29) is 0 Å². The van der Waals surface area contributed by atoms with E-state index in [1.54, 1.807) is 0 Å². The molecule has 0 bridgehead atoms. The van der Waals surface area contributed by atoms with E-state index in [0.29, 0.717) is 5.92 Å². The van der Waals surface area contributed by atoms with Gasteiger partial charge in [0.1, 0.15) is 5.82 Å². The number of hydrogen-bond acceptors (Lipinski definition) is 5. The summed E-state index contributed by atoms with van der Waals surface area (Å²) in [5.41, 5.74) is 3.51. The highest BCUT2D eigenvalue weighted by Gasteiger charge is 2.07. The second-order valence-electron chi connectivity index (χ2n) is 5.57. The second kappa shape index (κ2) is 6.27. The molecular weight excluding hydrogens is 294 g/mol. The average Bonchev–Trinajstić information content (AvgIpc) is 3.14. The normalized spacial score (nSPS) is 11.1. The van der Waals surface area contributed by atoms with Crippen molar-refractivity contribution >= 4 is 16.7 Å². The van der Waals surface area contributed by atoms with E-state index >= 15 is 0 Å². The molecule has 1 aromatic carbocycles. The van der Waals surface area contributed by atoms with Crippen LogP contribution >= 0.6 is 11.5 Å². The van der Waals surface area contributed by atoms with Crippen molar-refractivity contribution in [2.24, 2.45) is 7.05 Å². The van der Waals surface area contributed by atoms with Crippen molar-refractivity contribution in [2.75, 3.05) is 5.32 Å². The molecule has 1 N–H and O–H groups in total. The van der Waals surface area contributed by atoms with Crippen LogP contribution in [0.2, 0.25) is 0 Å². The molecule has 0 atom stereocenters. The van der Waals surface area contributed by atoms with Crippen LogP contribution in [-0.4, -0.2) is 19.1 Å². The fraction of sp³-hybridized carbons (Fsp3) is 0.312. The van der Waals surface area contributed by atoms with Gasteiger partial charge < -0.3 is 5.32 Å². The van der Waals surface area contributed by atoms with Crippen LogP contribution in [0.25, 0.3) is 11.1 Å². The van der Waals surface area contributed by atoms with Crippen LogP contribution in [0.4, 0.5) is 5.13 Å². The van der Waals surface area contributed by atoms with Crippen LogP contribution in [0.5, 0.6) is 0 Å². The van der Waals surface area contributed by atoms with Crippen molar-refractivity contribution in [3.63, 3.8) is 0 Å². The molecule has 0 unspecified atom stereocenters. The third-order valence-corrected chi connectivity index (χ3v) is 4.05. The molecule has 0 aliphatic rings. The van der Waals surface area contributed by atoms with Crippen molar-refractivity contribution in [3.05, 3.63) is 48.0 Å². The minimum absolute atomic E-state index is 0.362. The number of hydrogen-bond donors (Lipinski definition) is 1. The zero-order valence-corrected chi connectivity index (χ0v) is 13.8. The second-order valence-corrected chi connectivity index (χ2v) is 6.32. The molecule has 0 fully saturated rings. The third-order valence-electron chi connectivity index (χ3n) is 3.37. The Morgan fingerprint density at radius 3 is 2.82 bits per heavy atom. The molecular formula is C16H19N5S. The number of benzene rings is 1. The Bertz CT molecular complexity index is 759. The number of aromatic nitrogens is 4. The maximum Gasteiger partial charge on any atom is 0.202 e. The lowest BCUT2D eigenvalue weighted by Gasteiger charge is -2.05. The van der Waals surface area contributed by atoms with E-state index in [9.17, 15) is 0 Å². The monoisotopic (exact) mass is 313 g/mol. The first-order valence-corrected chi connectivity index (χ1v) is 8.04. The van der Waals surface area contributed by atoms with Gasteiger partial charge in [0.15, 0.2) is 0 Å². The standard InChI is InChI=1S/C16H19N5S/c1-11(2)15-19-16(22-20-15)17-8-12-5-4-6-13(7-12)14-9-18-21(3)10-14/h4-7,9-11H,8H2,1-3H3,(H,17,19,20). The Labute approximate surface area is 134 Å². The highest BCUT2D eigenvalue weighted by atomic mass is 32.1. The summed E-state index contributed by atoms with van der Waals surface area (Å²) < 4.78 is 6.17. The molecule has 0 aliphatic heterocycles. The number of nitrogens with one attached hydrogen (secondary N) is 1. The smallest absolute Gasteiger partial charge is 0.202 e. The number of anilines is 1. The first-order valence-electron chi connectivity index (χ1n) is 7.27. The summed E-state index contributed by atoms with van der Waals surface area (Å²) >= 11 is 1.42. The van der Waals surface area contributed by atoms with E-state index in [1.807, 2.05) is 24.1 Å². The molecule has 0 saturated heterocycles. The van der Waals surface area contributed by atoms with Gasteiger partial charge in [0.25, 0.3) is 0 Å². The van der Waals surface area contributed by atoms with Gasteiger partial charge in [-0.3, -0.25) is 4.68 Å². The topological polar surface area (TPSA) is 55.6 Å². The van der Waals surface area contributed by atoms with Gasteiger partial charge in [-0.05, 0) is 17.2 Å². The van der Waals surface area contributed by atoms with Crippen LogP contribution in [-0.2, 0) is 13.6 Å². The van der Waals surface area contributed by atoms with Crippen LogP contribution in [0.1, 0.15) is 31.2 Å². The van der Waals surface area contributed by atoms with Gasteiger partial charge in [0.05, 0.1) is 6.20 Å². The third kappa shape index (κ3) is 3.33. The fourth-order valence-corrected chi connectivity index (χ4v) is 2.85. The molecule has 3 aromatic rings. The molecule has 0 spiro atoms. The minimum atomic E-state index is 0.362. The summed E-state index contributed by atoms with van der Waals surface area (Å²) in [4.78, 5) is 4.49. The maximum atomic E-state index is 4.49. The highest BCUT2D eigenvalue weighted by Crippen LogP contribution is 2.21. The molecule has 2 heterocycles. The van der Waals surface area contributed by atoms with Crippen molar-refractivity contribution in [3.8, 4) is 11.1 Å². The molecule has 6 heteroatoms. The first kappa shape index (κ1) is 14.7. The summed E-state index contributed by atoms with van der Waals surface area (Å²) in [5.74, 6) is 1.26. The predicted octanol–water partition coefficient (Wildman–Crippen LogP) is 3.67. The van der Waals surface area contributed by atoms with E-state index in [2.05, 4.69) is 57.9 Å². The van der Waals surface area contributed by atoms with Gasteiger partial charge >= 0.3 is 0 Å². The van der Waals surface area contributed by atoms with Crippen LogP contribution in [0.3, 0.4) is 0 Å². The van der Waals surface area contributed by atoms with Gasteiger partial charge in [-0.25, -0.2) is 4.98 Å². The van der Waals surface area contributed by atoms with Crippen molar-refractivity contribution in [1.82, 2.24) is 19.1 Å². The Morgan fingerprint density at radius 2 is 2.14 bits per heavy atom. The van der Waals surface area contributed by atoms with Crippen LogP contribution in [0, 0.1) is 0 Å². The van der Waals surface area contributed by atoms with Gasteiger partial charge in [0.2, 0.25) is 5.13 Å². The zero-order valence-electron chi connectivity index (χ0n) is 12.9. The van der Waals surface area contributed by atoms with E-state index < -0.39 is 0 Å². The van der Waals surface area contributed by atoms with E-state index in [4.69, 9.17) is 0 Å². The fourth-order valence-electron chi connectivity index (χ4n) is 2.15. The molecule has 3 rings (SSSR count). The van der Waals surface area contributed by atoms with Gasteiger partial charge in [-0.15, -0.1) is 0 Å². The maximum absolute atomic E-state index is 4.49. The van der Waals surface area contributed by atoms with Crippen molar-refractivity contribution in [2.45, 2.75) is 26.3 Å². The SMILES string of the molecule is CC(C)c1nsc(NCc2cccc(-c3cnn(C)c3)c2)n1. The molecule has 0 radical (unpaired) electrons. The van der Waals surface area contributed by atoms with Crippen LogP contribution < -0.4 is 5.32 Å². The first-order chi connectivity index (χ1) is 10.6. The van der Waals surface area contributed by atoms with Gasteiger partial charge in [-0.1, -0.05) is 32.0 Å². The van der Waals surface area contributed by atoms with Crippen molar-refractivity contribution < 1.29 is 0 Å². The quantitative estimate of drug-likeness (QED) is 0.781. The lowest BCUT2D eigenvalue weighted by Crippen LogP contribution is -1.99. The Balaban J connectivity index is 1.70. The largest absolute Gasteiger partial charge is 0.356 e. The Morgan fingerprint density at radius 1 is 1.27 bits per heavy atom. The molecule has 22 heavy (non-hydrogen) atoms. The highest BCUT2D eigenvalue weighted by molar-refractivity contribution is 7.09. The Hall–Kier alpha value is -2.21. The van der Waals surface area contributed by atoms with Gasteiger partial charge in [0, 0.05) is 42.8 Å². The summed E-state index contributed by atoms with van der Waals surface area (Å²) in [6.07, 6.45) is 3.90. The molecule has 0 saturated carbocycles. The Kier molecular flexibility index (Phi) is 4.20. The van der Waals surface area contributed by atoms with Crippen molar-refractivity contribution in [1.29, 1.82) is 0 Å². The average molecular weight is 313 g/mol. The zero-order chi connectivity index (χ0) is 15.5. The molecule has 114 valence electrons. The summed E-state index contributed by atoms with van der Waals surface area (Å²) in [6.45, 7) is 4.94. The lowest BCUT2D eigenvalue weighted by atomic mass is 10.1. The lowest BCUT2D eigenvalue weighted by molar-refractivity contribution is 0.768. The van der Waals surface area contributed by atoms with E-state index in [1.165, 1.54) is 22.7 Å². The summed E-state index contributed by atoms with van der Waals surface area (Å²) in [7, 11) is 1.93. The molecule has 0 amide bonds. The minimum Gasteiger partial charge on any atom is -0.356 e. The summed E-state index contributed by atoms with van der Waals surface area (Å²) in [5, 5.41) is 8.43. The predicted molar refractivity (Wildman–Crippen MR) is 90.0 cm³/mol. The number of aryl methyl sites for hydroxylation is 1. The number of nitrogens with zero attached hydrogens (tertiary/aromatic N) is 4. The van der Waals surface area contributed by atoms with E-state index in [0.717, 1.165) is 23.1 Å². The molecule has 2 aromatic heterocycles. The van der Waals surface area contributed by atoms with Crippen LogP contribution in [0.15, 0.2) is 36.7 Å². The molecule has 0 aliphatic carbocycles.